The molecule has 37 heavy (non-hydrogen) atoms. The predicted octanol–water partition coefficient (Wildman–Crippen LogP) is 1.00. The topological polar surface area (TPSA) is 180 Å². The van der Waals surface area contributed by atoms with Crippen molar-refractivity contribution in [3.63, 3.8) is 0 Å². The molecule has 4 rings (SSSR count). The number of nitrogens with one attached hydrogen (secondary N) is 3. The van der Waals surface area contributed by atoms with Crippen molar-refractivity contribution in [1.29, 1.82) is 0 Å². The lowest BCUT2D eigenvalue weighted by Crippen LogP contribution is -3.05. The van der Waals surface area contributed by atoms with E-state index in [0.717, 1.165) is 4.90 Å². The maximum absolute atomic E-state index is 12.5. The Morgan fingerprint density at radius 3 is 2.46 bits per heavy atom. The molecule has 1 fully saturated rings. The first kappa shape index (κ1) is 26.5. The molecule has 3 heterocycles. The number of nitrogens with zero attached hydrogens (tertiary/aromatic N) is 4. The monoisotopic (exact) mass is 549 g/mol. The van der Waals surface area contributed by atoms with Gasteiger partial charge < -0.3 is 21.1 Å². The summed E-state index contributed by atoms with van der Waals surface area (Å²) in [6, 6.07) is 8.11. The van der Waals surface area contributed by atoms with Crippen molar-refractivity contribution in [3.05, 3.63) is 52.1 Å². The van der Waals surface area contributed by atoms with Gasteiger partial charge in [-0.2, -0.15) is 10.4 Å². The summed E-state index contributed by atoms with van der Waals surface area (Å²) < 4.78 is 5.01. The second kappa shape index (κ2) is 11.6. The number of pyridine rings is 1. The van der Waals surface area contributed by atoms with Gasteiger partial charge in [-0.15, -0.1) is 0 Å². The fourth-order valence-electron chi connectivity index (χ4n) is 3.55. The minimum absolute atomic E-state index is 0.102. The van der Waals surface area contributed by atoms with Gasteiger partial charge in [0.1, 0.15) is 30.5 Å². The van der Waals surface area contributed by atoms with Crippen LogP contribution in [0.5, 0.6) is 0 Å². The molecule has 1 saturated heterocycles. The lowest BCUT2D eigenvalue weighted by Gasteiger charge is -2.26. The molecule has 0 bridgehead atoms. The largest absolute Gasteiger partial charge is 0.383 e. The number of quaternary nitrogens is 1. The first-order valence-electron chi connectivity index (χ1n) is 11.0. The van der Waals surface area contributed by atoms with E-state index in [9.17, 15) is 9.59 Å². The molecule has 2 aromatic heterocycles. The number of aromatic nitrogens is 3. The number of nitrogen functional groups attached to an aromatic ring is 1. The molecule has 0 spiro atoms. The molecule has 1 aliphatic rings. The number of amides is 2. The molecule has 0 aliphatic carbocycles. The zero-order valence-corrected chi connectivity index (χ0v) is 20.8. The van der Waals surface area contributed by atoms with Crippen LogP contribution >= 0.6 is 23.2 Å². The molecule has 0 atom stereocenters. The van der Waals surface area contributed by atoms with Gasteiger partial charge in [0.2, 0.25) is 5.95 Å². The second-order valence-electron chi connectivity index (χ2n) is 7.85. The van der Waals surface area contributed by atoms with E-state index in [1.807, 2.05) is 0 Å². The highest BCUT2D eigenvalue weighted by molar-refractivity contribution is 6.36. The van der Waals surface area contributed by atoms with Crippen LogP contribution in [0, 0.1) is 0 Å². The number of morpholine rings is 1. The molecule has 15 heteroatoms. The van der Waals surface area contributed by atoms with Gasteiger partial charge >= 0.3 is 0 Å². The smallest absolute Gasteiger partial charge is 0.259 e. The Balaban J connectivity index is 1.51. The average molecular weight is 550 g/mol. The molecular formula is C22H23Cl2N8O5+. The summed E-state index contributed by atoms with van der Waals surface area (Å²) in [6.07, 6.45) is 1.37. The average Bonchev–Trinajstić information content (AvgIpc) is 2.84. The summed E-state index contributed by atoms with van der Waals surface area (Å²) in [5, 5.41) is 24.1. The SMILES string of the molecule is Nc1nc(NCCNc2ncc(N3C(=O)COCC3=O)c(-c3ccc(Cl)cc3Cl)n2)ccc1C[NH+](O)O. The Kier molecular flexibility index (Phi) is 8.33. The number of hydrogen-bond acceptors (Lipinski definition) is 11. The van der Waals surface area contributed by atoms with Crippen LogP contribution < -0.4 is 26.5 Å². The molecule has 1 aliphatic heterocycles. The molecule has 0 radical (unpaired) electrons. The Morgan fingerprint density at radius 2 is 1.78 bits per heavy atom. The Hall–Kier alpha value is -3.59. The van der Waals surface area contributed by atoms with Gasteiger partial charge in [0, 0.05) is 23.7 Å². The maximum Gasteiger partial charge on any atom is 0.259 e. The van der Waals surface area contributed by atoms with Crippen LogP contribution in [0.15, 0.2) is 36.5 Å². The fraction of sp³-hybridized carbons (Fsp3) is 0.227. The van der Waals surface area contributed by atoms with Crippen LogP contribution in [0.25, 0.3) is 11.3 Å². The van der Waals surface area contributed by atoms with E-state index < -0.39 is 17.0 Å². The summed E-state index contributed by atoms with van der Waals surface area (Å²) in [7, 11) is 0. The third-order valence-electron chi connectivity index (χ3n) is 5.22. The standard InChI is InChI=1S/C22H22Cl2N8O5/c23-13-2-3-14(15(24)7-13)20-16(32-18(33)10-37-11-19(32)34)8-28-22(30-20)27-6-5-26-17-4-1-12(9-31(35)36)21(25)29-17/h1-4,7-8,35-36H,5-6,9-11H2,(H3,25,26,29)(H,27,28,30)/p+1. The minimum atomic E-state index is -0.744. The molecule has 0 unspecified atom stereocenters. The van der Waals surface area contributed by atoms with Gasteiger partial charge in [-0.3, -0.25) is 9.59 Å². The highest BCUT2D eigenvalue weighted by atomic mass is 35.5. The third-order valence-corrected chi connectivity index (χ3v) is 5.77. The van der Waals surface area contributed by atoms with Crippen LogP contribution in [-0.4, -0.2) is 63.5 Å². The van der Waals surface area contributed by atoms with Crippen molar-refractivity contribution in [1.82, 2.24) is 15.0 Å². The van der Waals surface area contributed by atoms with E-state index in [0.29, 0.717) is 35.1 Å². The number of hydroxylamine groups is 2. The van der Waals surface area contributed by atoms with Crippen molar-refractivity contribution in [2.75, 3.05) is 47.6 Å². The van der Waals surface area contributed by atoms with Crippen LogP contribution in [0.2, 0.25) is 10.0 Å². The number of imide groups is 1. The van der Waals surface area contributed by atoms with Crippen molar-refractivity contribution in [2.24, 2.45) is 0 Å². The number of carbonyl (C=O) groups is 2. The van der Waals surface area contributed by atoms with Gasteiger partial charge in [0.25, 0.3) is 11.8 Å². The zero-order valence-electron chi connectivity index (χ0n) is 19.2. The molecule has 13 nitrogen and oxygen atoms in total. The third kappa shape index (κ3) is 6.40. The van der Waals surface area contributed by atoms with Gasteiger partial charge in [-0.05, 0) is 30.3 Å². The van der Waals surface area contributed by atoms with Crippen molar-refractivity contribution in [3.8, 4) is 11.3 Å². The number of nitrogens with two attached hydrogens (primary N) is 1. The number of ether oxygens (including phenoxy) is 1. The molecule has 0 saturated carbocycles. The van der Waals surface area contributed by atoms with E-state index in [4.69, 9.17) is 44.1 Å². The summed E-state index contributed by atoms with van der Waals surface area (Å²) in [6.45, 7) is 0.187. The molecule has 2 amide bonds. The molecule has 194 valence electrons. The molecule has 1 aromatic carbocycles. The van der Waals surface area contributed by atoms with Crippen LogP contribution in [0.4, 0.5) is 23.3 Å². The van der Waals surface area contributed by atoms with Crippen molar-refractivity contribution >= 4 is 58.3 Å². The summed E-state index contributed by atoms with van der Waals surface area (Å²) in [4.78, 5) is 38.9. The van der Waals surface area contributed by atoms with Gasteiger partial charge in [0.15, 0.2) is 6.54 Å². The van der Waals surface area contributed by atoms with Crippen LogP contribution in [0.3, 0.4) is 0 Å². The maximum atomic E-state index is 12.5. The van der Waals surface area contributed by atoms with Gasteiger partial charge in [-0.25, -0.2) is 19.9 Å². The van der Waals surface area contributed by atoms with Crippen molar-refractivity contribution < 1.29 is 30.0 Å². The predicted molar refractivity (Wildman–Crippen MR) is 135 cm³/mol. The highest BCUT2D eigenvalue weighted by Crippen LogP contribution is 2.36. The molecule has 7 N–H and O–H groups in total. The van der Waals surface area contributed by atoms with E-state index >= 15 is 0 Å². The summed E-state index contributed by atoms with van der Waals surface area (Å²) in [5.74, 6) is -0.178. The van der Waals surface area contributed by atoms with E-state index in [1.54, 1.807) is 24.3 Å². The first-order chi connectivity index (χ1) is 17.7. The summed E-state index contributed by atoms with van der Waals surface area (Å²) in [5.41, 5.74) is 7.25. The quantitative estimate of drug-likeness (QED) is 0.127. The van der Waals surface area contributed by atoms with E-state index in [2.05, 4.69) is 25.6 Å². The van der Waals surface area contributed by atoms with Crippen LogP contribution in [-0.2, 0) is 20.9 Å². The Morgan fingerprint density at radius 1 is 1.05 bits per heavy atom. The van der Waals surface area contributed by atoms with E-state index in [-0.39, 0.29) is 47.9 Å². The van der Waals surface area contributed by atoms with Crippen LogP contribution in [0.1, 0.15) is 5.56 Å². The molecule has 3 aromatic rings. The fourth-order valence-corrected chi connectivity index (χ4v) is 4.05. The Labute approximate surface area is 220 Å². The lowest BCUT2D eigenvalue weighted by molar-refractivity contribution is -1.25. The van der Waals surface area contributed by atoms with E-state index in [1.165, 1.54) is 12.3 Å². The van der Waals surface area contributed by atoms with Gasteiger partial charge in [-0.1, -0.05) is 28.4 Å². The number of rotatable bonds is 9. The van der Waals surface area contributed by atoms with Crippen molar-refractivity contribution in [2.45, 2.75) is 6.54 Å². The number of anilines is 4. The lowest BCUT2D eigenvalue weighted by atomic mass is 10.1. The number of halogens is 2. The second-order valence-corrected chi connectivity index (χ2v) is 8.70. The highest BCUT2D eigenvalue weighted by Gasteiger charge is 2.31. The first-order valence-corrected chi connectivity index (χ1v) is 11.7. The molecular weight excluding hydrogens is 527 g/mol. The number of hydrogen-bond donors (Lipinski definition) is 6. The normalized spacial score (nSPS) is 13.8. The summed E-state index contributed by atoms with van der Waals surface area (Å²) >= 11 is 12.4. The van der Waals surface area contributed by atoms with Gasteiger partial charge in [0.05, 0.1) is 22.5 Å². The minimum Gasteiger partial charge on any atom is -0.383 e. The number of carbonyl (C=O) groups excluding carboxylic acids is 2. The Bertz CT molecular complexity index is 1310. The zero-order chi connectivity index (χ0) is 26.5. The number of benzene rings is 1.